The summed E-state index contributed by atoms with van der Waals surface area (Å²) in [5.41, 5.74) is 0. The molecule has 3 amide bonds. The van der Waals surface area contributed by atoms with E-state index in [0.29, 0.717) is 6.54 Å². The first-order valence-corrected chi connectivity index (χ1v) is 14.4. The zero-order valence-electron chi connectivity index (χ0n) is 21.2. The maximum absolute atomic E-state index is 14.2. The summed E-state index contributed by atoms with van der Waals surface area (Å²) in [6.07, 6.45) is 7.88. The zero-order valence-corrected chi connectivity index (χ0v) is 22.0. The lowest BCUT2D eigenvalue weighted by Crippen LogP contribution is -2.60. The van der Waals surface area contributed by atoms with E-state index >= 15 is 0 Å². The smallest absolute Gasteiger partial charge is 0.244 e. The molecule has 4 rings (SSSR count). The average Bonchev–Trinajstić information content (AvgIpc) is 3.42. The number of thioether (sulfide) groups is 1. The van der Waals surface area contributed by atoms with E-state index < -0.39 is 28.7 Å². The van der Waals surface area contributed by atoms with Gasteiger partial charge >= 0.3 is 0 Å². The van der Waals surface area contributed by atoms with E-state index in [1.165, 1.54) is 6.42 Å². The van der Waals surface area contributed by atoms with Crippen LogP contribution >= 0.6 is 11.8 Å². The van der Waals surface area contributed by atoms with Crippen molar-refractivity contribution in [3.05, 3.63) is 0 Å². The lowest BCUT2D eigenvalue weighted by Gasteiger charge is -2.42. The van der Waals surface area contributed by atoms with Crippen molar-refractivity contribution in [3.8, 4) is 0 Å². The summed E-state index contributed by atoms with van der Waals surface area (Å²) in [5.74, 6) is -0.965. The average molecular weight is 494 g/mol. The molecule has 0 aromatic heterocycles. The summed E-state index contributed by atoms with van der Waals surface area (Å²) in [6, 6.07) is -0.926. The van der Waals surface area contributed by atoms with E-state index in [9.17, 15) is 19.5 Å². The molecular formula is C26H43N3O4S. The lowest BCUT2D eigenvalue weighted by atomic mass is 9.65. The molecular weight excluding hydrogens is 450 g/mol. The number of aliphatic hydroxyl groups excluding tert-OH is 1. The van der Waals surface area contributed by atoms with Crippen LogP contribution in [0.3, 0.4) is 0 Å². The highest BCUT2D eigenvalue weighted by Gasteiger charge is 2.76. The molecule has 0 aromatic carbocycles. The Balaban J connectivity index is 1.73. The fourth-order valence-electron chi connectivity index (χ4n) is 7.12. The Morgan fingerprint density at radius 2 is 1.91 bits per heavy atom. The molecule has 0 radical (unpaired) electrons. The quantitative estimate of drug-likeness (QED) is 0.459. The maximum Gasteiger partial charge on any atom is 0.244 e. The Labute approximate surface area is 208 Å². The third-order valence-electron chi connectivity index (χ3n) is 9.08. The van der Waals surface area contributed by atoms with Crippen molar-refractivity contribution in [2.75, 3.05) is 13.2 Å². The number of nitrogens with zero attached hydrogens (tertiary/aromatic N) is 1. The van der Waals surface area contributed by atoms with E-state index in [2.05, 4.69) is 17.6 Å². The molecule has 3 N–H and O–H groups in total. The largest absolute Gasteiger partial charge is 0.394 e. The van der Waals surface area contributed by atoms with Gasteiger partial charge in [-0.15, -0.1) is 11.8 Å². The van der Waals surface area contributed by atoms with Gasteiger partial charge in [-0.05, 0) is 37.5 Å². The predicted molar refractivity (Wildman–Crippen MR) is 134 cm³/mol. The second-order valence-electron chi connectivity index (χ2n) is 11.1. The van der Waals surface area contributed by atoms with Crippen molar-refractivity contribution in [1.29, 1.82) is 0 Å². The van der Waals surface area contributed by atoms with Crippen molar-refractivity contribution in [3.63, 3.8) is 0 Å². The summed E-state index contributed by atoms with van der Waals surface area (Å²) in [4.78, 5) is 43.2. The first-order chi connectivity index (χ1) is 16.3. The maximum atomic E-state index is 14.2. The van der Waals surface area contributed by atoms with Gasteiger partial charge in [0.1, 0.15) is 6.04 Å². The fraction of sp³-hybridized carbons (Fsp3) is 0.885. The molecule has 4 fully saturated rings. The van der Waals surface area contributed by atoms with Crippen LogP contribution < -0.4 is 10.6 Å². The Kier molecular flexibility index (Phi) is 7.87. The Morgan fingerprint density at radius 3 is 2.53 bits per heavy atom. The van der Waals surface area contributed by atoms with Gasteiger partial charge in [0.2, 0.25) is 17.7 Å². The molecule has 0 aromatic rings. The minimum Gasteiger partial charge on any atom is -0.394 e. The van der Waals surface area contributed by atoms with Gasteiger partial charge in [0.05, 0.1) is 29.2 Å². The Morgan fingerprint density at radius 1 is 1.21 bits per heavy atom. The van der Waals surface area contributed by atoms with Crippen LogP contribution in [0.5, 0.6) is 0 Å². The first kappa shape index (κ1) is 25.8. The number of fused-ring (bicyclic) bond motifs is 1. The van der Waals surface area contributed by atoms with E-state index in [1.807, 2.05) is 20.8 Å². The van der Waals surface area contributed by atoms with Crippen LogP contribution in [0.1, 0.15) is 79.1 Å². The molecule has 8 atom stereocenters. The number of amides is 3. The number of hydrogen-bond acceptors (Lipinski definition) is 5. The van der Waals surface area contributed by atoms with Crippen molar-refractivity contribution < 1.29 is 19.5 Å². The second-order valence-corrected chi connectivity index (χ2v) is 12.6. The van der Waals surface area contributed by atoms with Crippen molar-refractivity contribution >= 4 is 29.5 Å². The lowest BCUT2D eigenvalue weighted by molar-refractivity contribution is -0.144. The van der Waals surface area contributed by atoms with Crippen molar-refractivity contribution in [1.82, 2.24) is 15.5 Å². The number of carbonyl (C=O) groups is 3. The summed E-state index contributed by atoms with van der Waals surface area (Å²) < 4.78 is -0.615. The normalized spacial score (nSPS) is 36.9. The van der Waals surface area contributed by atoms with E-state index in [-0.39, 0.29) is 47.5 Å². The van der Waals surface area contributed by atoms with Gasteiger partial charge in [-0.3, -0.25) is 14.4 Å². The van der Waals surface area contributed by atoms with Crippen LogP contribution in [0.2, 0.25) is 0 Å². The molecule has 192 valence electrons. The fourth-order valence-corrected chi connectivity index (χ4v) is 9.53. The van der Waals surface area contributed by atoms with Crippen molar-refractivity contribution in [2.24, 2.45) is 23.7 Å². The van der Waals surface area contributed by atoms with Crippen LogP contribution in [0, 0.1) is 23.7 Å². The number of aliphatic hydroxyl groups is 1. The summed E-state index contributed by atoms with van der Waals surface area (Å²) in [5, 5.41) is 16.8. The number of nitrogens with one attached hydrogen (secondary N) is 2. The van der Waals surface area contributed by atoms with Gasteiger partial charge in [0.25, 0.3) is 0 Å². The van der Waals surface area contributed by atoms with Gasteiger partial charge in [-0.2, -0.15) is 0 Å². The van der Waals surface area contributed by atoms with Gasteiger partial charge in [0, 0.05) is 17.8 Å². The molecule has 2 bridgehead atoms. The highest BCUT2D eigenvalue weighted by Crippen LogP contribution is 2.68. The number of carbonyl (C=O) groups excluding carboxylic acids is 3. The molecule has 3 saturated heterocycles. The molecule has 4 aliphatic rings. The highest BCUT2D eigenvalue weighted by atomic mass is 32.2. The number of hydrogen-bond donors (Lipinski definition) is 3. The van der Waals surface area contributed by atoms with E-state index in [0.717, 1.165) is 44.9 Å². The van der Waals surface area contributed by atoms with Gasteiger partial charge in [-0.1, -0.05) is 53.4 Å². The Hall–Kier alpha value is -1.28. The predicted octanol–water partition coefficient (Wildman–Crippen LogP) is 2.71. The molecule has 34 heavy (non-hydrogen) atoms. The molecule has 1 spiro atoms. The molecule has 1 saturated carbocycles. The Bertz CT molecular complexity index is 788. The van der Waals surface area contributed by atoms with E-state index in [1.54, 1.807) is 16.7 Å². The van der Waals surface area contributed by atoms with Gasteiger partial charge in [-0.25, -0.2) is 0 Å². The summed E-state index contributed by atoms with van der Waals surface area (Å²) >= 11 is 1.71. The summed E-state index contributed by atoms with van der Waals surface area (Å²) in [7, 11) is 0. The highest BCUT2D eigenvalue weighted by molar-refractivity contribution is 8.02. The topological polar surface area (TPSA) is 98.7 Å². The molecule has 3 unspecified atom stereocenters. The number of rotatable bonds is 9. The van der Waals surface area contributed by atoms with E-state index in [4.69, 9.17) is 0 Å². The monoisotopic (exact) mass is 493 g/mol. The first-order valence-electron chi connectivity index (χ1n) is 13.5. The van der Waals surface area contributed by atoms with Crippen molar-refractivity contribution in [2.45, 2.75) is 107 Å². The minimum atomic E-state index is -0.646. The second kappa shape index (κ2) is 10.4. The summed E-state index contributed by atoms with van der Waals surface area (Å²) in [6.45, 7) is 8.67. The number of likely N-dealkylation sites (tertiary alicyclic amines) is 1. The van der Waals surface area contributed by atoms with Crippen LogP contribution in [-0.2, 0) is 14.4 Å². The van der Waals surface area contributed by atoms with Crippen LogP contribution in [0.25, 0.3) is 0 Å². The van der Waals surface area contributed by atoms with Crippen LogP contribution in [0.4, 0.5) is 0 Å². The van der Waals surface area contributed by atoms with Crippen LogP contribution in [0.15, 0.2) is 0 Å². The molecule has 3 heterocycles. The molecule has 1 aliphatic carbocycles. The molecule has 3 aliphatic heterocycles. The third kappa shape index (κ3) is 4.06. The molecule has 8 heteroatoms. The van der Waals surface area contributed by atoms with Gasteiger partial charge < -0.3 is 20.6 Å². The zero-order chi connectivity index (χ0) is 24.6. The standard InChI is InChI=1S/C26H43N3O4S/c1-5-12-27-23(31)20-19-13-16(4)26(34-19)21(20)25(33)29(18(14-30)15(3)6-2)22(26)24(32)28-17-10-8-7-9-11-17/h15-22,30H,5-14H2,1-4H3,(H,27,31)(H,28,32)/t15-,16?,18-,19-,20+,21-,22?,26?/m0/s1. The molecule has 7 nitrogen and oxygen atoms in total. The third-order valence-corrected chi connectivity index (χ3v) is 11.2. The SMILES string of the molecule is CCCNC(=O)[C@@H]1[C@@H]2CC(C)C3(S2)C(C(=O)NC2CCCCC2)N([C@@H](CO)[C@@H](C)CC)C(=O)[C@H]13. The minimum absolute atomic E-state index is 0.0520. The van der Waals surface area contributed by atoms with Gasteiger partial charge in [0.15, 0.2) is 0 Å². The van der Waals surface area contributed by atoms with Crippen LogP contribution in [-0.4, -0.2) is 69.0 Å².